The van der Waals surface area contributed by atoms with Crippen LogP contribution in [0.1, 0.15) is 25.0 Å². The molecule has 0 aliphatic carbocycles. The first-order valence-electron chi connectivity index (χ1n) is 8.32. The molecular formula is C20H26N4. The molecule has 4 aromatic rings. The number of nitrogens with zero attached hydrogens (tertiary/aromatic N) is 4. The number of aromatic nitrogens is 4. The Balaban J connectivity index is 0.000000160. The van der Waals surface area contributed by atoms with E-state index < -0.39 is 0 Å². The molecule has 24 heavy (non-hydrogen) atoms. The van der Waals surface area contributed by atoms with E-state index in [1.807, 2.05) is 67.9 Å². The van der Waals surface area contributed by atoms with Crippen molar-refractivity contribution in [1.82, 2.24) is 19.6 Å². The van der Waals surface area contributed by atoms with Gasteiger partial charge in [0.1, 0.15) is 0 Å². The molecule has 0 aliphatic heterocycles. The molecule has 0 unspecified atom stereocenters. The summed E-state index contributed by atoms with van der Waals surface area (Å²) in [6, 6.07) is 12.3. The zero-order chi connectivity index (χ0) is 17.7. The van der Waals surface area contributed by atoms with E-state index in [-0.39, 0.29) is 0 Å². The number of aryl methyl sites for hydroxylation is 4. The Kier molecular flexibility index (Phi) is 5.74. The summed E-state index contributed by atoms with van der Waals surface area (Å²) in [5.41, 5.74) is 4.77. The molecule has 0 N–H and O–H groups in total. The maximum atomic E-state index is 4.39. The predicted octanol–water partition coefficient (Wildman–Crippen LogP) is 4.79. The highest BCUT2D eigenvalue weighted by atomic mass is 15.2. The van der Waals surface area contributed by atoms with Gasteiger partial charge >= 0.3 is 0 Å². The van der Waals surface area contributed by atoms with Gasteiger partial charge in [0.25, 0.3) is 0 Å². The normalized spacial score (nSPS) is 10.1. The third kappa shape index (κ3) is 3.82. The highest BCUT2D eigenvalue weighted by Gasteiger charge is 2.02. The Morgan fingerprint density at radius 3 is 2.08 bits per heavy atom. The quantitative estimate of drug-likeness (QED) is 0.466. The summed E-state index contributed by atoms with van der Waals surface area (Å²) in [4.78, 5) is 0. The molecule has 0 radical (unpaired) electrons. The van der Waals surface area contributed by atoms with Gasteiger partial charge in [-0.1, -0.05) is 44.2 Å². The summed E-state index contributed by atoms with van der Waals surface area (Å²) in [7, 11) is 3.88. The molecule has 0 fully saturated rings. The second-order valence-corrected chi connectivity index (χ2v) is 5.61. The topological polar surface area (TPSA) is 35.6 Å². The molecule has 2 heterocycles. The standard InChI is InChI=1S/C10H12N2.C8H8N2.C2H6/c1-7-4-5-9-6-12(3)11-10(9)8(7)2;1-10-6-7-4-2-3-5-8(7)9-10;1-2/h4-6H,1-3H3;2-6H,1H3;1-2H3. The average Bonchev–Trinajstić information content (AvgIpc) is 3.15. The fourth-order valence-corrected chi connectivity index (χ4v) is 2.53. The first kappa shape index (κ1) is 17.7. The Bertz CT molecular complexity index is 898. The van der Waals surface area contributed by atoms with Crippen LogP contribution < -0.4 is 0 Å². The van der Waals surface area contributed by atoms with Gasteiger partial charge in [-0.3, -0.25) is 9.36 Å². The maximum Gasteiger partial charge on any atom is 0.0954 e. The molecule has 4 rings (SSSR count). The van der Waals surface area contributed by atoms with Crippen molar-refractivity contribution in [2.24, 2.45) is 14.1 Å². The van der Waals surface area contributed by atoms with Crippen molar-refractivity contribution in [1.29, 1.82) is 0 Å². The van der Waals surface area contributed by atoms with Gasteiger partial charge in [0.15, 0.2) is 0 Å². The number of rotatable bonds is 0. The second-order valence-electron chi connectivity index (χ2n) is 5.61. The van der Waals surface area contributed by atoms with Crippen LogP contribution >= 0.6 is 0 Å². The second kappa shape index (κ2) is 7.77. The van der Waals surface area contributed by atoms with Crippen LogP contribution in [0, 0.1) is 13.8 Å². The van der Waals surface area contributed by atoms with Gasteiger partial charge < -0.3 is 0 Å². The van der Waals surface area contributed by atoms with Crippen LogP contribution in [0.4, 0.5) is 0 Å². The smallest absolute Gasteiger partial charge is 0.0954 e. The van der Waals surface area contributed by atoms with Gasteiger partial charge in [0, 0.05) is 37.3 Å². The maximum absolute atomic E-state index is 4.39. The average molecular weight is 322 g/mol. The lowest BCUT2D eigenvalue weighted by Crippen LogP contribution is -1.87. The molecule has 4 nitrogen and oxygen atoms in total. The van der Waals surface area contributed by atoms with E-state index in [9.17, 15) is 0 Å². The van der Waals surface area contributed by atoms with Crippen LogP contribution in [0.3, 0.4) is 0 Å². The lowest BCUT2D eigenvalue weighted by molar-refractivity contribution is 0.779. The minimum absolute atomic E-state index is 1.06. The summed E-state index contributed by atoms with van der Waals surface area (Å²) in [6.07, 6.45) is 4.05. The van der Waals surface area contributed by atoms with E-state index in [0.717, 1.165) is 11.0 Å². The van der Waals surface area contributed by atoms with E-state index in [4.69, 9.17) is 0 Å². The van der Waals surface area contributed by atoms with E-state index in [2.05, 4.69) is 42.2 Å². The monoisotopic (exact) mass is 322 g/mol. The van der Waals surface area contributed by atoms with Gasteiger partial charge in [-0.2, -0.15) is 10.2 Å². The molecule has 2 aromatic heterocycles. The van der Waals surface area contributed by atoms with Gasteiger partial charge in [-0.25, -0.2) is 0 Å². The van der Waals surface area contributed by atoms with Gasteiger partial charge in [-0.05, 0) is 31.0 Å². The van der Waals surface area contributed by atoms with Crippen LogP contribution in [-0.4, -0.2) is 19.6 Å². The summed E-state index contributed by atoms with van der Waals surface area (Å²) < 4.78 is 3.68. The third-order valence-electron chi connectivity index (χ3n) is 3.84. The lowest BCUT2D eigenvalue weighted by atomic mass is 10.1. The van der Waals surface area contributed by atoms with Crippen LogP contribution in [0.5, 0.6) is 0 Å². The SMILES string of the molecule is CC.Cc1ccc2cn(C)nc2c1C.Cn1cc2ccccc2n1. The number of hydrogen-bond donors (Lipinski definition) is 0. The minimum Gasteiger partial charge on any atom is -0.275 e. The van der Waals surface area contributed by atoms with Crippen molar-refractivity contribution < 1.29 is 0 Å². The van der Waals surface area contributed by atoms with Crippen LogP contribution in [0.25, 0.3) is 21.8 Å². The first-order valence-corrected chi connectivity index (χ1v) is 8.32. The molecule has 0 aliphatic rings. The highest BCUT2D eigenvalue weighted by Crippen LogP contribution is 2.18. The Morgan fingerprint density at radius 2 is 1.38 bits per heavy atom. The number of fused-ring (bicyclic) bond motifs is 2. The zero-order valence-corrected chi connectivity index (χ0v) is 15.4. The Hall–Kier alpha value is -2.62. The minimum atomic E-state index is 1.06. The van der Waals surface area contributed by atoms with Crippen molar-refractivity contribution >= 4 is 21.8 Å². The molecular weight excluding hydrogens is 296 g/mol. The summed E-state index contributed by atoms with van der Waals surface area (Å²) in [5.74, 6) is 0. The molecule has 0 saturated carbocycles. The molecule has 0 amide bonds. The van der Waals surface area contributed by atoms with Gasteiger partial charge in [-0.15, -0.1) is 0 Å². The van der Waals surface area contributed by atoms with E-state index in [1.165, 1.54) is 21.9 Å². The van der Waals surface area contributed by atoms with Gasteiger partial charge in [0.05, 0.1) is 11.0 Å². The van der Waals surface area contributed by atoms with Crippen molar-refractivity contribution in [3.8, 4) is 0 Å². The molecule has 126 valence electrons. The van der Waals surface area contributed by atoms with Crippen molar-refractivity contribution in [3.05, 3.63) is 59.9 Å². The molecule has 4 heteroatoms. The van der Waals surface area contributed by atoms with Crippen molar-refractivity contribution in [3.63, 3.8) is 0 Å². The summed E-state index contributed by atoms with van der Waals surface area (Å²) in [6.45, 7) is 8.23. The van der Waals surface area contributed by atoms with Crippen molar-refractivity contribution in [2.45, 2.75) is 27.7 Å². The molecule has 0 saturated heterocycles. The van der Waals surface area contributed by atoms with E-state index in [0.29, 0.717) is 0 Å². The van der Waals surface area contributed by atoms with Crippen LogP contribution in [0.2, 0.25) is 0 Å². The lowest BCUT2D eigenvalue weighted by Gasteiger charge is -1.97. The molecule has 2 aromatic carbocycles. The zero-order valence-electron chi connectivity index (χ0n) is 15.4. The third-order valence-corrected chi connectivity index (χ3v) is 3.84. The summed E-state index contributed by atoms with van der Waals surface area (Å²) >= 11 is 0. The fourth-order valence-electron chi connectivity index (χ4n) is 2.53. The number of hydrogen-bond acceptors (Lipinski definition) is 2. The van der Waals surface area contributed by atoms with Crippen molar-refractivity contribution in [2.75, 3.05) is 0 Å². The number of benzene rings is 2. The molecule has 0 atom stereocenters. The molecule has 0 spiro atoms. The van der Waals surface area contributed by atoms with Crippen LogP contribution in [-0.2, 0) is 14.1 Å². The van der Waals surface area contributed by atoms with E-state index >= 15 is 0 Å². The van der Waals surface area contributed by atoms with E-state index in [1.54, 1.807) is 0 Å². The predicted molar refractivity (Wildman–Crippen MR) is 102 cm³/mol. The Morgan fingerprint density at radius 1 is 0.750 bits per heavy atom. The molecule has 0 bridgehead atoms. The first-order chi connectivity index (χ1) is 11.5. The fraction of sp³-hybridized carbons (Fsp3) is 0.300. The largest absolute Gasteiger partial charge is 0.275 e. The van der Waals surface area contributed by atoms with Gasteiger partial charge in [0.2, 0.25) is 0 Å². The van der Waals surface area contributed by atoms with Crippen LogP contribution in [0.15, 0.2) is 48.8 Å². The highest BCUT2D eigenvalue weighted by molar-refractivity contribution is 5.82. The summed E-state index contributed by atoms with van der Waals surface area (Å²) in [5, 5.41) is 11.0. The Labute approximate surface area is 143 Å².